The second kappa shape index (κ2) is 6.03. The van der Waals surface area contributed by atoms with Crippen LogP contribution in [0.2, 0.25) is 0 Å². The molecule has 1 aromatic carbocycles. The van der Waals surface area contributed by atoms with Gasteiger partial charge in [-0.3, -0.25) is 4.68 Å². The van der Waals surface area contributed by atoms with Crippen LogP contribution in [0.5, 0.6) is 5.75 Å². The third kappa shape index (κ3) is 2.92. The van der Waals surface area contributed by atoms with Gasteiger partial charge in [-0.25, -0.2) is 0 Å². The molecule has 0 aliphatic rings. The molecule has 1 heterocycles. The second-order valence-corrected chi connectivity index (χ2v) is 4.04. The van der Waals surface area contributed by atoms with E-state index in [2.05, 4.69) is 11.2 Å². The zero-order chi connectivity index (χ0) is 13.7. The minimum Gasteiger partial charge on any atom is -0.494 e. The van der Waals surface area contributed by atoms with Crippen LogP contribution in [-0.2, 0) is 13.1 Å². The molecule has 0 aliphatic carbocycles. The number of nitriles is 1. The number of rotatable bonds is 5. The average molecular weight is 256 g/mol. The molecule has 2 N–H and O–H groups in total. The van der Waals surface area contributed by atoms with E-state index in [9.17, 15) is 0 Å². The molecule has 19 heavy (non-hydrogen) atoms. The maximum Gasteiger partial charge on any atom is 0.128 e. The van der Waals surface area contributed by atoms with Crippen LogP contribution in [0.15, 0.2) is 30.6 Å². The summed E-state index contributed by atoms with van der Waals surface area (Å²) in [5.74, 6) is 0.801. The Morgan fingerprint density at radius 3 is 2.95 bits per heavy atom. The first-order chi connectivity index (χ1) is 9.28. The van der Waals surface area contributed by atoms with Gasteiger partial charge < -0.3 is 10.5 Å². The molecule has 5 nitrogen and oxygen atoms in total. The summed E-state index contributed by atoms with van der Waals surface area (Å²) in [5, 5.41) is 12.8. The van der Waals surface area contributed by atoms with Gasteiger partial charge in [-0.15, -0.1) is 0 Å². The molecular weight excluding hydrogens is 240 g/mol. The van der Waals surface area contributed by atoms with Crippen molar-refractivity contribution in [3.05, 3.63) is 36.2 Å². The Balaban J connectivity index is 2.33. The number of nitrogens with two attached hydrogens (primary N) is 1. The SMILES string of the molecule is CCOc1cc(-c2cnn(CC#N)c2)ccc1CN. The number of aromatic nitrogens is 2. The van der Waals surface area contributed by atoms with Gasteiger partial charge in [-0.2, -0.15) is 10.4 Å². The molecule has 0 unspecified atom stereocenters. The Kier molecular flexibility index (Phi) is 4.16. The highest BCUT2D eigenvalue weighted by molar-refractivity contribution is 5.64. The molecule has 0 saturated carbocycles. The van der Waals surface area contributed by atoms with E-state index >= 15 is 0 Å². The van der Waals surface area contributed by atoms with Gasteiger partial charge in [0.25, 0.3) is 0 Å². The Hall–Kier alpha value is -2.32. The van der Waals surface area contributed by atoms with Crippen LogP contribution >= 0.6 is 0 Å². The molecule has 2 aromatic rings. The zero-order valence-electron chi connectivity index (χ0n) is 10.8. The first-order valence-electron chi connectivity index (χ1n) is 6.14. The number of nitrogens with zero attached hydrogens (tertiary/aromatic N) is 3. The highest BCUT2D eigenvalue weighted by atomic mass is 16.5. The Bertz CT molecular complexity index is 598. The van der Waals surface area contributed by atoms with Gasteiger partial charge in [0.2, 0.25) is 0 Å². The van der Waals surface area contributed by atoms with Crippen molar-refractivity contribution in [3.8, 4) is 22.9 Å². The Morgan fingerprint density at radius 1 is 1.42 bits per heavy atom. The molecule has 0 amide bonds. The van der Waals surface area contributed by atoms with Crippen LogP contribution in [0.4, 0.5) is 0 Å². The van der Waals surface area contributed by atoms with Crippen LogP contribution in [0.25, 0.3) is 11.1 Å². The molecule has 98 valence electrons. The summed E-state index contributed by atoms with van der Waals surface area (Å²) in [4.78, 5) is 0. The fourth-order valence-electron chi connectivity index (χ4n) is 1.86. The molecule has 0 aliphatic heterocycles. The van der Waals surface area contributed by atoms with E-state index in [1.807, 2.05) is 31.3 Å². The molecule has 0 fully saturated rings. The molecular formula is C14H16N4O. The summed E-state index contributed by atoms with van der Waals surface area (Å²) >= 11 is 0. The van der Waals surface area contributed by atoms with Crippen molar-refractivity contribution in [3.63, 3.8) is 0 Å². The zero-order valence-corrected chi connectivity index (χ0v) is 10.8. The predicted octanol–water partition coefficient (Wildman–Crippen LogP) is 1.93. The number of hydrogen-bond acceptors (Lipinski definition) is 4. The first kappa shape index (κ1) is 13.1. The van der Waals surface area contributed by atoms with E-state index in [0.29, 0.717) is 13.2 Å². The predicted molar refractivity (Wildman–Crippen MR) is 72.3 cm³/mol. The molecule has 0 atom stereocenters. The van der Waals surface area contributed by atoms with Gasteiger partial charge >= 0.3 is 0 Å². The van der Waals surface area contributed by atoms with E-state index in [-0.39, 0.29) is 6.54 Å². The average Bonchev–Trinajstić information content (AvgIpc) is 2.88. The fraction of sp³-hybridized carbons (Fsp3) is 0.286. The van der Waals surface area contributed by atoms with Crippen molar-refractivity contribution in [2.75, 3.05) is 6.61 Å². The summed E-state index contributed by atoms with van der Waals surface area (Å²) < 4.78 is 7.19. The summed E-state index contributed by atoms with van der Waals surface area (Å²) in [6, 6.07) is 7.96. The van der Waals surface area contributed by atoms with Gasteiger partial charge in [-0.1, -0.05) is 12.1 Å². The monoisotopic (exact) mass is 256 g/mol. The molecule has 0 spiro atoms. The molecule has 1 aromatic heterocycles. The van der Waals surface area contributed by atoms with Crippen LogP contribution < -0.4 is 10.5 Å². The quantitative estimate of drug-likeness (QED) is 0.886. The van der Waals surface area contributed by atoms with Gasteiger partial charge in [0.05, 0.1) is 18.9 Å². The largest absolute Gasteiger partial charge is 0.494 e. The molecule has 0 saturated heterocycles. The molecule has 0 radical (unpaired) electrons. The van der Waals surface area contributed by atoms with Gasteiger partial charge in [-0.05, 0) is 18.6 Å². The smallest absolute Gasteiger partial charge is 0.128 e. The number of benzene rings is 1. The molecule has 0 bridgehead atoms. The lowest BCUT2D eigenvalue weighted by Gasteiger charge is -2.10. The maximum atomic E-state index is 8.64. The third-order valence-electron chi connectivity index (χ3n) is 2.79. The van der Waals surface area contributed by atoms with Crippen molar-refractivity contribution in [1.29, 1.82) is 5.26 Å². The molecule has 5 heteroatoms. The summed E-state index contributed by atoms with van der Waals surface area (Å²) in [6.07, 6.45) is 3.58. The summed E-state index contributed by atoms with van der Waals surface area (Å²) in [6.45, 7) is 3.24. The van der Waals surface area contributed by atoms with Gasteiger partial charge in [0.15, 0.2) is 0 Å². The van der Waals surface area contributed by atoms with Crippen LogP contribution in [0.3, 0.4) is 0 Å². The summed E-state index contributed by atoms with van der Waals surface area (Å²) in [5.41, 5.74) is 8.62. The number of ether oxygens (including phenoxy) is 1. The third-order valence-corrected chi connectivity index (χ3v) is 2.79. The fourth-order valence-corrected chi connectivity index (χ4v) is 1.86. The van der Waals surface area contributed by atoms with E-state index in [0.717, 1.165) is 22.4 Å². The van der Waals surface area contributed by atoms with Crippen molar-refractivity contribution < 1.29 is 4.74 Å². The normalized spacial score (nSPS) is 10.2. The van der Waals surface area contributed by atoms with Crippen LogP contribution in [0.1, 0.15) is 12.5 Å². The first-order valence-corrected chi connectivity index (χ1v) is 6.14. The lowest BCUT2D eigenvalue weighted by molar-refractivity contribution is 0.337. The second-order valence-electron chi connectivity index (χ2n) is 4.04. The topological polar surface area (TPSA) is 76.9 Å². The van der Waals surface area contributed by atoms with Crippen molar-refractivity contribution in [1.82, 2.24) is 9.78 Å². The van der Waals surface area contributed by atoms with E-state index in [1.54, 1.807) is 10.9 Å². The van der Waals surface area contributed by atoms with Crippen molar-refractivity contribution in [2.24, 2.45) is 5.73 Å². The van der Waals surface area contributed by atoms with E-state index in [1.165, 1.54) is 0 Å². The van der Waals surface area contributed by atoms with Crippen molar-refractivity contribution >= 4 is 0 Å². The standard InChI is InChI=1S/C14H16N4O/c1-2-19-14-7-11(3-4-12(14)8-16)13-9-17-18(10-13)6-5-15/h3-4,7,9-10H,2,6,8,16H2,1H3. The Labute approximate surface area is 112 Å². The highest BCUT2D eigenvalue weighted by Gasteiger charge is 2.07. The van der Waals surface area contributed by atoms with Gasteiger partial charge in [0.1, 0.15) is 12.3 Å². The lowest BCUT2D eigenvalue weighted by atomic mass is 10.1. The van der Waals surface area contributed by atoms with Gasteiger partial charge in [0, 0.05) is 23.9 Å². The van der Waals surface area contributed by atoms with E-state index < -0.39 is 0 Å². The highest BCUT2D eigenvalue weighted by Crippen LogP contribution is 2.27. The van der Waals surface area contributed by atoms with Crippen molar-refractivity contribution in [2.45, 2.75) is 20.0 Å². The number of hydrogen-bond donors (Lipinski definition) is 1. The Morgan fingerprint density at radius 2 is 2.26 bits per heavy atom. The van der Waals surface area contributed by atoms with E-state index in [4.69, 9.17) is 15.7 Å². The van der Waals surface area contributed by atoms with Crippen LogP contribution in [-0.4, -0.2) is 16.4 Å². The lowest BCUT2D eigenvalue weighted by Crippen LogP contribution is -2.02. The molecule has 2 rings (SSSR count). The minimum absolute atomic E-state index is 0.249. The summed E-state index contributed by atoms with van der Waals surface area (Å²) in [7, 11) is 0. The van der Waals surface area contributed by atoms with Crippen LogP contribution in [0, 0.1) is 11.3 Å². The maximum absolute atomic E-state index is 8.64. The minimum atomic E-state index is 0.249.